The van der Waals surface area contributed by atoms with Crippen LogP contribution in [0.1, 0.15) is 37.1 Å². The van der Waals surface area contributed by atoms with Crippen LogP contribution in [0.2, 0.25) is 0 Å². The van der Waals surface area contributed by atoms with Crippen molar-refractivity contribution in [2.45, 2.75) is 39.0 Å². The molecule has 0 radical (unpaired) electrons. The summed E-state index contributed by atoms with van der Waals surface area (Å²) in [5.74, 6) is 0.772. The van der Waals surface area contributed by atoms with Crippen molar-refractivity contribution in [1.29, 1.82) is 0 Å². The molecule has 2 aromatic rings. The number of carboxylic acids is 1. The van der Waals surface area contributed by atoms with Crippen LogP contribution >= 0.6 is 0 Å². The third kappa shape index (κ3) is 4.71. The van der Waals surface area contributed by atoms with Gasteiger partial charge in [-0.05, 0) is 25.7 Å². The number of aromatic nitrogens is 1. The molecule has 6 heteroatoms. The molecule has 1 aromatic carbocycles. The van der Waals surface area contributed by atoms with E-state index in [0.717, 1.165) is 18.4 Å². The summed E-state index contributed by atoms with van der Waals surface area (Å²) in [6.45, 7) is 3.31. The van der Waals surface area contributed by atoms with Crippen molar-refractivity contribution in [1.82, 2.24) is 9.88 Å². The smallest absolute Gasteiger partial charge is 0.303 e. The maximum atomic E-state index is 12.4. The van der Waals surface area contributed by atoms with Crippen LogP contribution in [0.5, 0.6) is 0 Å². The summed E-state index contributed by atoms with van der Waals surface area (Å²) in [5, 5.41) is 8.85. The number of oxazole rings is 1. The highest BCUT2D eigenvalue weighted by molar-refractivity contribution is 5.76. The molecule has 0 bridgehead atoms. The van der Waals surface area contributed by atoms with Crippen LogP contribution in [-0.4, -0.2) is 40.0 Å². The molecule has 0 spiro atoms. The molecule has 1 N–H and O–H groups in total. The van der Waals surface area contributed by atoms with Gasteiger partial charge in [0, 0.05) is 37.9 Å². The van der Waals surface area contributed by atoms with E-state index in [2.05, 4.69) is 4.98 Å². The molecule has 1 amide bonds. The fourth-order valence-electron chi connectivity index (χ4n) is 3.28. The van der Waals surface area contributed by atoms with Gasteiger partial charge in [-0.25, -0.2) is 4.98 Å². The number of likely N-dealkylation sites (tertiary alicyclic amines) is 1. The molecule has 3 rings (SSSR count). The van der Waals surface area contributed by atoms with Gasteiger partial charge in [0.05, 0.1) is 6.20 Å². The second kappa shape index (κ2) is 8.17. The summed E-state index contributed by atoms with van der Waals surface area (Å²) in [5.41, 5.74) is 2.16. The van der Waals surface area contributed by atoms with Crippen LogP contribution in [0.25, 0.3) is 11.3 Å². The lowest BCUT2D eigenvalue weighted by molar-refractivity contribution is -0.138. The maximum Gasteiger partial charge on any atom is 0.303 e. The molecule has 0 saturated carbocycles. The summed E-state index contributed by atoms with van der Waals surface area (Å²) >= 11 is 0. The lowest BCUT2D eigenvalue weighted by atomic mass is 9.93. The normalized spacial score (nSPS) is 15.2. The van der Waals surface area contributed by atoms with Crippen molar-refractivity contribution in [3.05, 3.63) is 41.9 Å². The number of nitrogens with zero attached hydrogens (tertiary/aromatic N) is 2. The Kier molecular flexibility index (Phi) is 5.71. The number of piperidine rings is 1. The van der Waals surface area contributed by atoms with Crippen molar-refractivity contribution in [3.8, 4) is 11.3 Å². The van der Waals surface area contributed by atoms with Crippen LogP contribution in [0.15, 0.2) is 34.9 Å². The van der Waals surface area contributed by atoms with Crippen LogP contribution in [-0.2, 0) is 16.0 Å². The van der Waals surface area contributed by atoms with E-state index < -0.39 is 5.97 Å². The Morgan fingerprint density at radius 3 is 2.58 bits per heavy atom. The van der Waals surface area contributed by atoms with Gasteiger partial charge < -0.3 is 14.4 Å². The third-order valence-corrected chi connectivity index (χ3v) is 4.87. The molecule has 26 heavy (non-hydrogen) atoms. The molecule has 1 saturated heterocycles. The number of carboxylic acid groups (broad SMARTS) is 1. The molecule has 6 nitrogen and oxygen atoms in total. The van der Waals surface area contributed by atoms with Crippen molar-refractivity contribution < 1.29 is 19.1 Å². The summed E-state index contributed by atoms with van der Waals surface area (Å²) in [6.07, 6.45) is 4.24. The fraction of sp³-hybridized carbons (Fsp3) is 0.450. The molecular formula is C20H24N2O4. The van der Waals surface area contributed by atoms with Gasteiger partial charge in [0.1, 0.15) is 0 Å². The lowest BCUT2D eigenvalue weighted by Gasteiger charge is -2.31. The number of aliphatic carboxylic acids is 1. The summed E-state index contributed by atoms with van der Waals surface area (Å²) in [4.78, 5) is 29.2. The van der Waals surface area contributed by atoms with E-state index >= 15 is 0 Å². The van der Waals surface area contributed by atoms with Gasteiger partial charge in [-0.1, -0.05) is 29.8 Å². The zero-order valence-electron chi connectivity index (χ0n) is 15.0. The van der Waals surface area contributed by atoms with Crippen molar-refractivity contribution >= 4 is 11.9 Å². The van der Waals surface area contributed by atoms with Gasteiger partial charge in [-0.2, -0.15) is 0 Å². The number of rotatable bonds is 6. The molecule has 0 atom stereocenters. The van der Waals surface area contributed by atoms with Crippen LogP contribution in [0.3, 0.4) is 0 Å². The maximum absolute atomic E-state index is 12.4. The number of carbonyl (C=O) groups excluding carboxylic acids is 1. The van der Waals surface area contributed by atoms with E-state index in [1.54, 1.807) is 6.20 Å². The van der Waals surface area contributed by atoms with Gasteiger partial charge in [-0.15, -0.1) is 0 Å². The first-order chi connectivity index (χ1) is 12.5. The minimum Gasteiger partial charge on any atom is -0.481 e. The molecule has 1 aromatic heterocycles. The van der Waals surface area contributed by atoms with E-state index in [0.29, 0.717) is 37.6 Å². The van der Waals surface area contributed by atoms with Crippen molar-refractivity contribution in [2.75, 3.05) is 13.1 Å². The Balaban J connectivity index is 1.48. The average Bonchev–Trinajstić information content (AvgIpc) is 3.09. The number of aryl methyl sites for hydroxylation is 2. The number of benzene rings is 1. The van der Waals surface area contributed by atoms with E-state index in [4.69, 9.17) is 9.52 Å². The predicted octanol–water partition coefficient (Wildman–Crippen LogP) is 3.30. The minimum atomic E-state index is -0.761. The Morgan fingerprint density at radius 2 is 1.92 bits per heavy atom. The van der Waals surface area contributed by atoms with Crippen LogP contribution in [0, 0.1) is 12.8 Å². The third-order valence-electron chi connectivity index (χ3n) is 4.87. The predicted molar refractivity (Wildman–Crippen MR) is 96.6 cm³/mol. The first-order valence-corrected chi connectivity index (χ1v) is 9.02. The highest BCUT2D eigenvalue weighted by atomic mass is 16.4. The largest absolute Gasteiger partial charge is 0.481 e. The number of hydrogen-bond donors (Lipinski definition) is 1. The SMILES string of the molecule is Cc1ccc(-c2cnc(CCC(=O)N3CCC(CC(=O)O)CC3)o2)cc1. The van der Waals surface area contributed by atoms with E-state index in [1.165, 1.54) is 5.56 Å². The molecule has 1 fully saturated rings. The summed E-state index contributed by atoms with van der Waals surface area (Å²) in [7, 11) is 0. The molecule has 1 aliphatic heterocycles. The topological polar surface area (TPSA) is 83.6 Å². The Bertz CT molecular complexity index is 758. The quantitative estimate of drug-likeness (QED) is 0.858. The highest BCUT2D eigenvalue weighted by Gasteiger charge is 2.24. The Morgan fingerprint density at radius 1 is 1.23 bits per heavy atom. The van der Waals surface area contributed by atoms with Crippen LogP contribution < -0.4 is 0 Å². The standard InChI is InChI=1S/C20H24N2O4/c1-14-2-4-16(5-3-14)17-13-21-18(26-17)6-7-19(23)22-10-8-15(9-11-22)12-20(24)25/h2-5,13,15H,6-12H2,1H3,(H,24,25). The molecule has 0 unspecified atom stereocenters. The Hall–Kier alpha value is -2.63. The van der Waals surface area contributed by atoms with Gasteiger partial charge in [0.15, 0.2) is 11.7 Å². The Labute approximate surface area is 152 Å². The molecule has 138 valence electrons. The minimum absolute atomic E-state index is 0.0776. The molecule has 2 heterocycles. The van der Waals surface area contributed by atoms with Gasteiger partial charge in [0.2, 0.25) is 5.91 Å². The molecular weight excluding hydrogens is 332 g/mol. The van der Waals surface area contributed by atoms with Gasteiger partial charge in [0.25, 0.3) is 0 Å². The monoisotopic (exact) mass is 356 g/mol. The number of carbonyl (C=O) groups is 2. The summed E-state index contributed by atoms with van der Waals surface area (Å²) in [6, 6.07) is 8.03. The zero-order valence-corrected chi connectivity index (χ0v) is 15.0. The second-order valence-corrected chi connectivity index (χ2v) is 6.91. The molecule has 0 aliphatic carbocycles. The molecule has 1 aliphatic rings. The van der Waals surface area contributed by atoms with Gasteiger partial charge in [-0.3, -0.25) is 9.59 Å². The van der Waals surface area contributed by atoms with Crippen molar-refractivity contribution in [3.63, 3.8) is 0 Å². The van der Waals surface area contributed by atoms with Crippen molar-refractivity contribution in [2.24, 2.45) is 5.92 Å². The first kappa shape index (κ1) is 18.2. The average molecular weight is 356 g/mol. The van der Waals surface area contributed by atoms with E-state index in [9.17, 15) is 9.59 Å². The van der Waals surface area contributed by atoms with E-state index in [-0.39, 0.29) is 18.2 Å². The lowest BCUT2D eigenvalue weighted by Crippen LogP contribution is -2.39. The van der Waals surface area contributed by atoms with Gasteiger partial charge >= 0.3 is 5.97 Å². The summed E-state index contributed by atoms with van der Waals surface area (Å²) < 4.78 is 5.76. The first-order valence-electron chi connectivity index (χ1n) is 9.02. The number of hydrogen-bond acceptors (Lipinski definition) is 4. The highest BCUT2D eigenvalue weighted by Crippen LogP contribution is 2.23. The second-order valence-electron chi connectivity index (χ2n) is 6.91. The van der Waals surface area contributed by atoms with Crippen LogP contribution in [0.4, 0.5) is 0 Å². The zero-order chi connectivity index (χ0) is 18.5. The van der Waals surface area contributed by atoms with E-state index in [1.807, 2.05) is 36.1 Å². The number of amides is 1. The fourth-order valence-corrected chi connectivity index (χ4v) is 3.28.